The SMILES string of the molecule is COC(=O)C(C)(N)COc1c(C)cccc1C. The van der Waals surface area contributed by atoms with Crippen molar-refractivity contribution in [3.63, 3.8) is 0 Å². The summed E-state index contributed by atoms with van der Waals surface area (Å²) >= 11 is 0. The molecule has 0 fully saturated rings. The van der Waals surface area contributed by atoms with Gasteiger partial charge in [0, 0.05) is 0 Å². The normalized spacial score (nSPS) is 13.9. The highest BCUT2D eigenvalue weighted by molar-refractivity contribution is 5.80. The van der Waals surface area contributed by atoms with Gasteiger partial charge in [-0.1, -0.05) is 18.2 Å². The predicted octanol–water partition coefficient (Wildman–Crippen LogP) is 1.57. The summed E-state index contributed by atoms with van der Waals surface area (Å²) in [5.41, 5.74) is 6.72. The van der Waals surface area contributed by atoms with E-state index in [1.807, 2.05) is 32.0 Å². The summed E-state index contributed by atoms with van der Waals surface area (Å²) in [7, 11) is 1.31. The van der Waals surface area contributed by atoms with Crippen LogP contribution in [0.2, 0.25) is 0 Å². The van der Waals surface area contributed by atoms with Gasteiger partial charge in [-0.25, -0.2) is 4.79 Å². The third-order valence-electron chi connectivity index (χ3n) is 2.58. The van der Waals surface area contributed by atoms with Crippen LogP contribution in [0.1, 0.15) is 18.1 Å². The van der Waals surface area contributed by atoms with Gasteiger partial charge in [0.25, 0.3) is 0 Å². The van der Waals surface area contributed by atoms with Gasteiger partial charge in [0.15, 0.2) is 0 Å². The molecule has 0 aliphatic heterocycles. The molecule has 0 saturated heterocycles. The fourth-order valence-corrected chi connectivity index (χ4v) is 1.54. The summed E-state index contributed by atoms with van der Waals surface area (Å²) in [6.45, 7) is 5.58. The molecule has 2 N–H and O–H groups in total. The number of carbonyl (C=O) groups excluding carboxylic acids is 1. The number of rotatable bonds is 4. The zero-order valence-electron chi connectivity index (χ0n) is 10.7. The third kappa shape index (κ3) is 3.20. The van der Waals surface area contributed by atoms with E-state index < -0.39 is 11.5 Å². The molecule has 0 aromatic heterocycles. The molecule has 1 atom stereocenters. The first kappa shape index (κ1) is 13.5. The van der Waals surface area contributed by atoms with E-state index in [2.05, 4.69) is 4.74 Å². The Labute approximate surface area is 102 Å². The Hall–Kier alpha value is -1.55. The molecule has 0 aliphatic rings. The van der Waals surface area contributed by atoms with Crippen LogP contribution in [0, 0.1) is 13.8 Å². The molecule has 0 saturated carbocycles. The monoisotopic (exact) mass is 237 g/mol. The van der Waals surface area contributed by atoms with Crippen molar-refractivity contribution in [1.82, 2.24) is 0 Å². The number of carbonyl (C=O) groups is 1. The zero-order chi connectivity index (χ0) is 13.1. The number of methoxy groups -OCH3 is 1. The number of para-hydroxylation sites is 1. The first-order chi connectivity index (χ1) is 7.88. The molecule has 0 amide bonds. The Morgan fingerprint density at radius 2 is 1.88 bits per heavy atom. The Bertz CT molecular complexity index is 393. The molecule has 4 nitrogen and oxygen atoms in total. The van der Waals surface area contributed by atoms with E-state index in [1.54, 1.807) is 6.92 Å². The van der Waals surface area contributed by atoms with Crippen molar-refractivity contribution in [3.8, 4) is 5.75 Å². The topological polar surface area (TPSA) is 61.5 Å². The first-order valence-electron chi connectivity index (χ1n) is 5.45. The largest absolute Gasteiger partial charge is 0.490 e. The molecule has 0 bridgehead atoms. The summed E-state index contributed by atoms with van der Waals surface area (Å²) in [5.74, 6) is 0.289. The summed E-state index contributed by atoms with van der Waals surface area (Å²) in [4.78, 5) is 11.4. The van der Waals surface area contributed by atoms with E-state index in [-0.39, 0.29) is 6.61 Å². The highest BCUT2D eigenvalue weighted by Gasteiger charge is 2.30. The van der Waals surface area contributed by atoms with Gasteiger partial charge >= 0.3 is 5.97 Å². The molecule has 0 spiro atoms. The number of aryl methyl sites for hydroxylation is 2. The fourth-order valence-electron chi connectivity index (χ4n) is 1.54. The number of hydrogen-bond donors (Lipinski definition) is 1. The Balaban J connectivity index is 2.77. The molecule has 4 heteroatoms. The van der Waals surface area contributed by atoms with Crippen molar-refractivity contribution in [2.24, 2.45) is 5.73 Å². The minimum atomic E-state index is -1.14. The lowest BCUT2D eigenvalue weighted by molar-refractivity contribution is -0.147. The maximum absolute atomic E-state index is 11.4. The van der Waals surface area contributed by atoms with Gasteiger partial charge in [-0.2, -0.15) is 0 Å². The molecule has 1 rings (SSSR count). The maximum Gasteiger partial charge on any atom is 0.329 e. The molecular formula is C13H19NO3. The molecule has 17 heavy (non-hydrogen) atoms. The van der Waals surface area contributed by atoms with E-state index in [0.717, 1.165) is 16.9 Å². The van der Waals surface area contributed by atoms with Crippen LogP contribution in [0.15, 0.2) is 18.2 Å². The lowest BCUT2D eigenvalue weighted by Gasteiger charge is -2.22. The molecule has 0 heterocycles. The second-order valence-electron chi connectivity index (χ2n) is 4.42. The summed E-state index contributed by atoms with van der Waals surface area (Å²) < 4.78 is 10.2. The average molecular weight is 237 g/mol. The second-order valence-corrected chi connectivity index (χ2v) is 4.42. The van der Waals surface area contributed by atoms with Gasteiger partial charge in [-0.15, -0.1) is 0 Å². The van der Waals surface area contributed by atoms with E-state index >= 15 is 0 Å². The minimum Gasteiger partial charge on any atom is -0.490 e. The van der Waals surface area contributed by atoms with Crippen LogP contribution in [-0.4, -0.2) is 25.2 Å². The minimum absolute atomic E-state index is 0.0887. The van der Waals surface area contributed by atoms with Crippen molar-refractivity contribution in [2.75, 3.05) is 13.7 Å². The number of hydrogen-bond acceptors (Lipinski definition) is 4. The van der Waals surface area contributed by atoms with Crippen LogP contribution >= 0.6 is 0 Å². The molecule has 1 aromatic carbocycles. The zero-order valence-corrected chi connectivity index (χ0v) is 10.7. The molecule has 1 aromatic rings. The van der Waals surface area contributed by atoms with E-state index in [4.69, 9.17) is 10.5 Å². The second kappa shape index (κ2) is 5.19. The fraction of sp³-hybridized carbons (Fsp3) is 0.462. The van der Waals surface area contributed by atoms with Crippen LogP contribution in [0.25, 0.3) is 0 Å². The standard InChI is InChI=1S/C13H19NO3/c1-9-6-5-7-10(2)11(9)17-8-13(3,14)12(15)16-4/h5-7H,8,14H2,1-4H3. The summed E-state index contributed by atoms with van der Waals surface area (Å²) in [6.07, 6.45) is 0. The average Bonchev–Trinajstić information content (AvgIpc) is 2.27. The predicted molar refractivity (Wildman–Crippen MR) is 66.0 cm³/mol. The smallest absolute Gasteiger partial charge is 0.329 e. The van der Waals surface area contributed by atoms with Gasteiger partial charge < -0.3 is 15.2 Å². The molecule has 0 aliphatic carbocycles. The highest BCUT2D eigenvalue weighted by Crippen LogP contribution is 2.23. The summed E-state index contributed by atoms with van der Waals surface area (Å²) in [5, 5.41) is 0. The van der Waals surface area contributed by atoms with Crippen LogP contribution in [0.3, 0.4) is 0 Å². The van der Waals surface area contributed by atoms with Crippen LogP contribution in [0.5, 0.6) is 5.75 Å². The van der Waals surface area contributed by atoms with Crippen LogP contribution < -0.4 is 10.5 Å². The van der Waals surface area contributed by atoms with E-state index in [0.29, 0.717) is 0 Å². The van der Waals surface area contributed by atoms with Gasteiger partial charge in [-0.3, -0.25) is 0 Å². The third-order valence-corrected chi connectivity index (χ3v) is 2.58. The van der Waals surface area contributed by atoms with E-state index in [1.165, 1.54) is 7.11 Å². The van der Waals surface area contributed by atoms with Gasteiger partial charge in [0.2, 0.25) is 0 Å². The Morgan fingerprint density at radius 3 is 2.35 bits per heavy atom. The first-order valence-corrected chi connectivity index (χ1v) is 5.45. The van der Waals surface area contributed by atoms with Crippen LogP contribution in [-0.2, 0) is 9.53 Å². The Morgan fingerprint density at radius 1 is 1.35 bits per heavy atom. The van der Waals surface area contributed by atoms with E-state index in [9.17, 15) is 4.79 Å². The molecule has 0 radical (unpaired) electrons. The van der Waals surface area contributed by atoms with Crippen molar-refractivity contribution < 1.29 is 14.3 Å². The quantitative estimate of drug-likeness (QED) is 0.807. The number of esters is 1. The maximum atomic E-state index is 11.4. The molecular weight excluding hydrogens is 218 g/mol. The number of nitrogens with two attached hydrogens (primary N) is 1. The summed E-state index contributed by atoms with van der Waals surface area (Å²) in [6, 6.07) is 5.86. The van der Waals surface area contributed by atoms with Crippen molar-refractivity contribution >= 4 is 5.97 Å². The number of benzene rings is 1. The lowest BCUT2D eigenvalue weighted by Crippen LogP contribution is -2.50. The highest BCUT2D eigenvalue weighted by atomic mass is 16.5. The number of ether oxygens (including phenoxy) is 2. The lowest BCUT2D eigenvalue weighted by atomic mass is 10.1. The van der Waals surface area contributed by atoms with Gasteiger partial charge in [-0.05, 0) is 31.9 Å². The Kier molecular flexibility index (Phi) is 4.12. The van der Waals surface area contributed by atoms with Gasteiger partial charge in [0.05, 0.1) is 7.11 Å². The van der Waals surface area contributed by atoms with Crippen molar-refractivity contribution in [3.05, 3.63) is 29.3 Å². The van der Waals surface area contributed by atoms with Crippen molar-refractivity contribution in [2.45, 2.75) is 26.3 Å². The molecule has 1 unspecified atom stereocenters. The van der Waals surface area contributed by atoms with Gasteiger partial charge in [0.1, 0.15) is 17.9 Å². The molecule has 94 valence electrons. The van der Waals surface area contributed by atoms with Crippen molar-refractivity contribution in [1.29, 1.82) is 0 Å². The van der Waals surface area contributed by atoms with Crippen LogP contribution in [0.4, 0.5) is 0 Å².